The second-order valence-corrected chi connectivity index (χ2v) is 27.8. The highest BCUT2D eigenvalue weighted by Crippen LogP contribution is 2.48. The Bertz CT molecular complexity index is 5370. The molecule has 25 nitrogen and oxygen atoms in total. The van der Waals surface area contributed by atoms with E-state index in [1.54, 1.807) is 91.5 Å². The lowest BCUT2D eigenvalue weighted by molar-refractivity contribution is 0.122. The van der Waals surface area contributed by atoms with Crippen molar-refractivity contribution < 1.29 is 18.9 Å². The zero-order valence-corrected chi connectivity index (χ0v) is 62.7. The first-order valence-electron chi connectivity index (χ1n) is 32.7. The number of rotatable bonds is 10. The largest absolute Gasteiger partial charge is 0.404 e. The molecule has 540 valence electrons. The summed E-state index contributed by atoms with van der Waals surface area (Å²) in [5, 5.41) is 8.11. The number of hydrogen-bond acceptors (Lipinski definition) is 16. The number of pyridine rings is 4. The number of aromatic nitrogens is 8. The van der Waals surface area contributed by atoms with Crippen LogP contribution in [0.1, 0.15) is 5.56 Å². The Balaban J connectivity index is 0.000000125. The average Bonchev–Trinajstić information content (AvgIpc) is 1.56. The summed E-state index contributed by atoms with van der Waals surface area (Å²) in [6.45, 7) is 34.5. The first-order chi connectivity index (χ1) is 51.4. The van der Waals surface area contributed by atoms with Crippen LogP contribution in [0.15, 0.2) is 127 Å². The Hall–Kier alpha value is -9.37. The van der Waals surface area contributed by atoms with E-state index >= 15 is 0 Å². The van der Waals surface area contributed by atoms with Crippen molar-refractivity contribution in [1.82, 2.24) is 37.5 Å². The number of hydrogen-bond donors (Lipinski definition) is 3. The van der Waals surface area contributed by atoms with Crippen molar-refractivity contribution in [3.8, 4) is 44.5 Å². The zero-order chi connectivity index (χ0) is 74.4. The summed E-state index contributed by atoms with van der Waals surface area (Å²) >= 11 is 56.2. The van der Waals surface area contributed by atoms with E-state index in [9.17, 15) is 0 Å². The molecule has 0 aliphatic carbocycles. The van der Waals surface area contributed by atoms with Crippen LogP contribution in [0.2, 0.25) is 45.2 Å². The number of halogens is 9. The van der Waals surface area contributed by atoms with Crippen molar-refractivity contribution in [1.29, 1.82) is 0 Å². The molecule has 0 amide bonds. The summed E-state index contributed by atoms with van der Waals surface area (Å²) in [4.78, 5) is 40.3. The zero-order valence-electron chi connectivity index (χ0n) is 55.9. The number of imidazole rings is 4. The number of morpholine rings is 4. The van der Waals surface area contributed by atoms with Gasteiger partial charge >= 0.3 is 0 Å². The van der Waals surface area contributed by atoms with Gasteiger partial charge in [0.25, 0.3) is 0 Å². The van der Waals surface area contributed by atoms with E-state index in [2.05, 4.69) is 64.1 Å². The van der Waals surface area contributed by atoms with Crippen LogP contribution in [-0.4, -0.2) is 143 Å². The van der Waals surface area contributed by atoms with E-state index in [-0.39, 0.29) is 17.9 Å². The molecule has 6 N–H and O–H groups in total. The normalized spacial score (nSPS) is 14.5. The van der Waals surface area contributed by atoms with Gasteiger partial charge in [-0.25, -0.2) is 34.5 Å². The van der Waals surface area contributed by atoms with Crippen LogP contribution >= 0.6 is 104 Å². The molecule has 34 heteroatoms. The first kappa shape index (κ1) is 74.9. The van der Waals surface area contributed by atoms with Gasteiger partial charge in [-0.1, -0.05) is 134 Å². The third-order valence-corrected chi connectivity index (χ3v) is 20.6. The molecule has 106 heavy (non-hydrogen) atoms. The van der Waals surface area contributed by atoms with E-state index in [1.165, 1.54) is 0 Å². The standard InChI is InChI=1S/C18H13Cl3N4O.C18H13Cl2N7O.C18H15Cl2N5O.C18H19Cl2N5O/c1-22-17-13(12-3-2-11(19)8-14(12)20)10-25-15(9-23-18(25)16(17)21)24-4-6-26-7-5-24;1-22-16-13(12-3-2-11(19)8-14(12)20)10-27-15(26-4-6-28-7-5-26)9-23-18(27)17(16)24-25-21;1-22-17-13(12-3-2-11(19)8-14(12)20)10-25-15(9-23-18(25)16(17)21)24-4-6-26-7-5-24;19-11-1-2-12(15(20)7-11)14-10-25-16(24-3-5-26-6-4-24)9-23-18(25)17(22)13(14)8-21/h2-3,8-10H,4-7H2;2-3,8-10H,4-7H2;2-3,8-10H,4-7,21H2;1-2,7,9-10H,3-6,8,21-22H2. The maximum Gasteiger partial charge on any atom is 0.222 e. The lowest BCUT2D eigenvalue weighted by atomic mass is 10.0. The van der Waals surface area contributed by atoms with E-state index in [0.717, 1.165) is 79.2 Å². The summed E-state index contributed by atoms with van der Waals surface area (Å²) in [6, 6.07) is 20.8. The fraction of sp³-hybridized carbons (Fsp3) is 0.236. The van der Waals surface area contributed by atoms with E-state index in [4.69, 9.17) is 166 Å². The third-order valence-electron chi connectivity index (χ3n) is 18.0. The minimum atomic E-state index is 0.167. The third kappa shape index (κ3) is 15.2. The monoisotopic (exact) mass is 1600 g/mol. The second-order valence-electron chi connectivity index (χ2n) is 24.0. The van der Waals surface area contributed by atoms with Crippen molar-refractivity contribution in [2.75, 3.05) is 136 Å². The van der Waals surface area contributed by atoms with Crippen LogP contribution in [0.5, 0.6) is 0 Å². The van der Waals surface area contributed by atoms with Gasteiger partial charge in [0.1, 0.15) is 34.6 Å². The number of azide groups is 1. The molecule has 0 bridgehead atoms. The van der Waals surface area contributed by atoms with E-state index in [0.29, 0.717) is 190 Å². The Morgan fingerprint density at radius 2 is 0.698 bits per heavy atom. The van der Waals surface area contributed by atoms with Gasteiger partial charge < -0.3 is 55.7 Å². The predicted octanol–water partition coefficient (Wildman–Crippen LogP) is 18.4. The minimum Gasteiger partial charge on any atom is -0.404 e. The number of nitrogen functional groups attached to an aromatic ring is 2. The van der Waals surface area contributed by atoms with E-state index in [1.807, 2.05) is 48.5 Å². The fourth-order valence-corrected chi connectivity index (χ4v) is 15.2. The highest BCUT2D eigenvalue weighted by atomic mass is 35.5. The van der Waals surface area contributed by atoms with Crippen molar-refractivity contribution in [3.63, 3.8) is 0 Å². The Kier molecular flexibility index (Phi) is 23.4. The molecule has 0 unspecified atom stereocenters. The lowest BCUT2D eigenvalue weighted by Crippen LogP contribution is -2.36. The van der Waals surface area contributed by atoms with Crippen LogP contribution in [-0.2, 0) is 25.5 Å². The van der Waals surface area contributed by atoms with Crippen LogP contribution in [0, 0.1) is 19.7 Å². The molecule has 12 aromatic rings. The van der Waals surface area contributed by atoms with Gasteiger partial charge in [-0.05, 0) is 70.8 Å². The predicted molar refractivity (Wildman–Crippen MR) is 424 cm³/mol. The number of ether oxygens (including phenoxy) is 4. The van der Waals surface area contributed by atoms with Gasteiger partial charge in [0.2, 0.25) is 17.1 Å². The van der Waals surface area contributed by atoms with Crippen LogP contribution in [0.3, 0.4) is 0 Å². The van der Waals surface area contributed by atoms with Crippen molar-refractivity contribution in [3.05, 3.63) is 218 Å². The molecule has 0 atom stereocenters. The Labute approximate surface area is 652 Å². The molecular formula is C72H60Cl9N21O4. The van der Waals surface area contributed by atoms with Crippen molar-refractivity contribution in [2.24, 2.45) is 10.8 Å². The molecular weight excluding hydrogens is 1540 g/mol. The molecule has 4 aliphatic rings. The van der Waals surface area contributed by atoms with Gasteiger partial charge in [-0.3, -0.25) is 17.6 Å². The van der Waals surface area contributed by atoms with Gasteiger partial charge in [-0.2, -0.15) is 0 Å². The molecule has 4 saturated heterocycles. The molecule has 4 aliphatic heterocycles. The van der Waals surface area contributed by atoms with Crippen molar-refractivity contribution in [2.45, 2.75) is 6.54 Å². The van der Waals surface area contributed by atoms with Gasteiger partial charge in [0, 0.05) is 162 Å². The quantitative estimate of drug-likeness (QED) is 0.0498. The lowest BCUT2D eigenvalue weighted by Gasteiger charge is -2.28. The van der Waals surface area contributed by atoms with Crippen LogP contribution in [0.4, 0.5) is 57.4 Å². The maximum atomic E-state index is 9.06. The fourth-order valence-electron chi connectivity index (χ4n) is 12.9. The van der Waals surface area contributed by atoms with Crippen LogP contribution in [0.25, 0.3) is 92.1 Å². The summed E-state index contributed by atoms with van der Waals surface area (Å²) in [6.07, 6.45) is 14.6. The molecule has 4 aromatic carbocycles. The van der Waals surface area contributed by atoms with E-state index < -0.39 is 0 Å². The SMILES string of the molecule is NCc1c(-c2ccc(Cl)cc2Cl)cn2c(N3CCOCC3)cnc2c1N.[C-]#[N+]c1c(-c2ccc(Cl)cc2Cl)cn2c(N3CCOCC3)cnc2c1Cl.[C-]#[N+]c1c(-c2ccc(Cl)cc2Cl)cn2c(N3CCOCC3)cnc2c1N.[C-]#[N+]c1c(-c2ccc(Cl)cc2Cl)cn2c(N3CCOCC3)cnc2c1N=[N+]=[N-]. The smallest absolute Gasteiger partial charge is 0.222 e. The molecule has 0 saturated carbocycles. The topological polar surface area (TPSA) is 259 Å². The molecule has 4 fully saturated rings. The first-order valence-corrected chi connectivity index (χ1v) is 36.2. The number of fused-ring (bicyclic) bond motifs is 4. The highest BCUT2D eigenvalue weighted by molar-refractivity contribution is 6.40. The number of anilines is 6. The van der Waals surface area contributed by atoms with Crippen molar-refractivity contribution >= 4 is 184 Å². The number of nitrogens with zero attached hydrogens (tertiary/aromatic N) is 18. The number of benzene rings is 4. The highest BCUT2D eigenvalue weighted by Gasteiger charge is 2.28. The Morgan fingerprint density at radius 1 is 0.396 bits per heavy atom. The summed E-state index contributed by atoms with van der Waals surface area (Å²) < 4.78 is 29.4. The average molecular weight is 1600 g/mol. The molecule has 0 spiro atoms. The molecule has 12 heterocycles. The van der Waals surface area contributed by atoms with Gasteiger partial charge in [0.05, 0.1) is 119 Å². The summed E-state index contributed by atoms with van der Waals surface area (Å²) in [5.74, 6) is 3.63. The minimum absolute atomic E-state index is 0.167. The van der Waals surface area contributed by atoms with Crippen LogP contribution < -0.4 is 36.8 Å². The summed E-state index contributed by atoms with van der Waals surface area (Å²) in [5.41, 5.74) is 38.3. The van der Waals surface area contributed by atoms with Gasteiger partial charge in [0.15, 0.2) is 11.3 Å². The second kappa shape index (κ2) is 33.2. The molecule has 16 rings (SSSR count). The molecule has 8 aromatic heterocycles. The number of nitrogens with two attached hydrogens (primary N) is 3. The summed E-state index contributed by atoms with van der Waals surface area (Å²) in [7, 11) is 0. The Morgan fingerprint density at radius 3 is 1.05 bits per heavy atom. The maximum absolute atomic E-state index is 9.06. The van der Waals surface area contributed by atoms with Gasteiger partial charge in [-0.15, -0.1) is 0 Å². The molecule has 0 radical (unpaired) electrons.